The fourth-order valence-corrected chi connectivity index (χ4v) is 4.09. The third-order valence-corrected chi connectivity index (χ3v) is 5.64. The van der Waals surface area contributed by atoms with Gasteiger partial charge in [0, 0.05) is 33.1 Å². The van der Waals surface area contributed by atoms with Crippen molar-refractivity contribution < 1.29 is 4.79 Å². The summed E-state index contributed by atoms with van der Waals surface area (Å²) in [6.07, 6.45) is 0.264. The number of benzene rings is 2. The molecule has 0 aliphatic carbocycles. The maximum absolute atomic E-state index is 12.8. The molecule has 30 heavy (non-hydrogen) atoms. The molecule has 0 bridgehead atoms. The van der Waals surface area contributed by atoms with Crippen LogP contribution >= 0.6 is 0 Å². The van der Waals surface area contributed by atoms with E-state index in [1.54, 1.807) is 21.1 Å². The zero-order valence-electron chi connectivity index (χ0n) is 17.7. The van der Waals surface area contributed by atoms with Crippen LogP contribution in [0.25, 0.3) is 22.1 Å². The second-order valence-electron chi connectivity index (χ2n) is 7.43. The van der Waals surface area contributed by atoms with Gasteiger partial charge in [0.25, 0.3) is 0 Å². The van der Waals surface area contributed by atoms with Gasteiger partial charge in [0.2, 0.25) is 5.91 Å². The molecule has 0 N–H and O–H groups in total. The Bertz CT molecular complexity index is 1260. The minimum atomic E-state index is -0.0677. The number of aryl methyl sites for hydroxylation is 3. The predicted octanol–water partition coefficient (Wildman–Crippen LogP) is 3.24. The van der Waals surface area contributed by atoms with Crippen LogP contribution in [0.15, 0.2) is 53.3 Å². The lowest BCUT2D eigenvalue weighted by molar-refractivity contribution is -0.130. The topological polar surface area (TPSA) is 65.1 Å². The van der Waals surface area contributed by atoms with E-state index >= 15 is 0 Å². The molecule has 0 fully saturated rings. The molecule has 7 nitrogen and oxygen atoms in total. The number of hydrogen-bond donors (Lipinski definition) is 0. The van der Waals surface area contributed by atoms with Crippen molar-refractivity contribution in [1.82, 2.24) is 23.6 Å². The largest absolute Gasteiger partial charge is 0.338 e. The van der Waals surface area contributed by atoms with Gasteiger partial charge in [-0.1, -0.05) is 24.3 Å². The van der Waals surface area contributed by atoms with Crippen LogP contribution in [0.2, 0.25) is 0 Å². The minimum Gasteiger partial charge on any atom is -0.338 e. The van der Waals surface area contributed by atoms with Crippen LogP contribution in [-0.4, -0.2) is 36.5 Å². The molecule has 1 amide bonds. The maximum atomic E-state index is 12.8. The van der Waals surface area contributed by atoms with Gasteiger partial charge in [-0.15, -0.1) is 0 Å². The average Bonchev–Trinajstić information content (AvgIpc) is 3.25. The Kier molecular flexibility index (Phi) is 5.44. The van der Waals surface area contributed by atoms with Crippen molar-refractivity contribution in [3.8, 4) is 0 Å². The van der Waals surface area contributed by atoms with Crippen LogP contribution in [0, 0.1) is 0 Å². The van der Waals surface area contributed by atoms with Crippen molar-refractivity contribution in [2.45, 2.75) is 46.4 Å². The van der Waals surface area contributed by atoms with Gasteiger partial charge in [-0.25, -0.2) is 9.78 Å². The molecule has 0 atom stereocenters. The third kappa shape index (κ3) is 3.40. The highest BCUT2D eigenvalue weighted by Gasteiger charge is 2.17. The van der Waals surface area contributed by atoms with Crippen molar-refractivity contribution in [2.24, 2.45) is 0 Å². The van der Waals surface area contributed by atoms with E-state index in [1.807, 2.05) is 55.5 Å². The summed E-state index contributed by atoms with van der Waals surface area (Å²) < 4.78 is 5.58. The highest BCUT2D eigenvalue weighted by atomic mass is 16.2. The number of rotatable bonds is 7. The van der Waals surface area contributed by atoms with E-state index in [2.05, 4.69) is 11.5 Å². The maximum Gasteiger partial charge on any atom is 0.329 e. The quantitative estimate of drug-likeness (QED) is 0.474. The predicted molar refractivity (Wildman–Crippen MR) is 118 cm³/mol. The van der Waals surface area contributed by atoms with Gasteiger partial charge in [0.15, 0.2) is 0 Å². The summed E-state index contributed by atoms with van der Waals surface area (Å²) in [4.78, 5) is 32.0. The standard InChI is InChI=1S/C23H27N5O2/c1-4-26-18-11-7-6-10-17(18)24-21(26)16-25(3)22(29)14-15-28-20-13-9-8-12-19(20)27(5-2)23(28)30/h6-13H,4-5,14-16H2,1-3H3. The number of nitrogens with zero attached hydrogens (tertiary/aromatic N) is 5. The Hall–Kier alpha value is -3.35. The Morgan fingerprint density at radius 2 is 1.50 bits per heavy atom. The first-order valence-corrected chi connectivity index (χ1v) is 10.4. The summed E-state index contributed by atoms with van der Waals surface area (Å²) >= 11 is 0. The number of imidazole rings is 2. The Labute approximate surface area is 175 Å². The van der Waals surface area contributed by atoms with Crippen LogP contribution < -0.4 is 5.69 Å². The molecule has 0 aliphatic heterocycles. The monoisotopic (exact) mass is 405 g/mol. The molecule has 7 heteroatoms. The van der Waals surface area contributed by atoms with Crippen molar-refractivity contribution in [3.05, 3.63) is 64.8 Å². The van der Waals surface area contributed by atoms with E-state index < -0.39 is 0 Å². The Morgan fingerprint density at radius 3 is 2.17 bits per heavy atom. The molecule has 0 saturated heterocycles. The second-order valence-corrected chi connectivity index (χ2v) is 7.43. The second kappa shape index (κ2) is 8.18. The minimum absolute atomic E-state index is 0.00932. The van der Waals surface area contributed by atoms with Gasteiger partial charge < -0.3 is 9.47 Å². The third-order valence-electron chi connectivity index (χ3n) is 5.64. The number of hydrogen-bond acceptors (Lipinski definition) is 3. The van der Waals surface area contributed by atoms with E-state index in [4.69, 9.17) is 4.98 Å². The first kappa shape index (κ1) is 19.9. The highest BCUT2D eigenvalue weighted by Crippen LogP contribution is 2.17. The SMILES string of the molecule is CCn1c(CN(C)C(=O)CCn2c(=O)n(CC)c3ccccc32)nc2ccccc21. The van der Waals surface area contributed by atoms with Crippen LogP contribution in [0.1, 0.15) is 26.1 Å². The van der Waals surface area contributed by atoms with Crippen LogP contribution in [0.4, 0.5) is 0 Å². The summed E-state index contributed by atoms with van der Waals surface area (Å²) in [5.74, 6) is 0.860. The first-order valence-electron chi connectivity index (χ1n) is 10.4. The molecule has 2 heterocycles. The lowest BCUT2D eigenvalue weighted by Crippen LogP contribution is -2.30. The van der Waals surface area contributed by atoms with E-state index in [0.717, 1.165) is 34.4 Å². The van der Waals surface area contributed by atoms with Crippen molar-refractivity contribution in [3.63, 3.8) is 0 Å². The highest BCUT2D eigenvalue weighted by molar-refractivity contribution is 5.78. The molecule has 0 radical (unpaired) electrons. The number of fused-ring (bicyclic) bond motifs is 2. The van der Waals surface area contributed by atoms with Crippen molar-refractivity contribution in [1.29, 1.82) is 0 Å². The molecule has 156 valence electrons. The molecule has 0 spiro atoms. The summed E-state index contributed by atoms with van der Waals surface area (Å²) in [6, 6.07) is 15.7. The van der Waals surface area contributed by atoms with E-state index in [0.29, 0.717) is 19.6 Å². The molecule has 4 rings (SSSR count). The summed E-state index contributed by atoms with van der Waals surface area (Å²) in [6.45, 7) is 6.23. The van der Waals surface area contributed by atoms with Gasteiger partial charge in [-0.3, -0.25) is 13.9 Å². The molecule has 2 aromatic heterocycles. The van der Waals surface area contributed by atoms with Crippen molar-refractivity contribution in [2.75, 3.05) is 7.05 Å². The van der Waals surface area contributed by atoms with E-state index in [1.165, 1.54) is 0 Å². The molecular weight excluding hydrogens is 378 g/mol. The lowest BCUT2D eigenvalue weighted by atomic mass is 10.3. The van der Waals surface area contributed by atoms with Crippen molar-refractivity contribution >= 4 is 28.0 Å². The van der Waals surface area contributed by atoms with Gasteiger partial charge in [-0.2, -0.15) is 0 Å². The van der Waals surface area contributed by atoms with Gasteiger partial charge in [0.05, 0.1) is 28.6 Å². The van der Waals surface area contributed by atoms with Gasteiger partial charge in [-0.05, 0) is 38.1 Å². The Balaban J connectivity index is 1.51. The van der Waals surface area contributed by atoms with Gasteiger partial charge >= 0.3 is 5.69 Å². The van der Waals surface area contributed by atoms with Crippen LogP contribution in [0.5, 0.6) is 0 Å². The molecule has 2 aromatic carbocycles. The smallest absolute Gasteiger partial charge is 0.329 e. The summed E-state index contributed by atoms with van der Waals surface area (Å²) in [7, 11) is 1.79. The molecule has 0 saturated carbocycles. The number of carbonyl (C=O) groups excluding carboxylic acids is 1. The number of carbonyl (C=O) groups is 1. The Morgan fingerprint density at radius 1 is 0.900 bits per heavy atom. The molecular formula is C23H27N5O2. The average molecular weight is 406 g/mol. The van der Waals surface area contributed by atoms with Gasteiger partial charge in [0.1, 0.15) is 5.82 Å². The molecule has 0 aliphatic rings. The number of para-hydroxylation sites is 4. The summed E-state index contributed by atoms with van der Waals surface area (Å²) in [5.41, 5.74) is 3.72. The fourth-order valence-electron chi connectivity index (χ4n) is 4.09. The summed E-state index contributed by atoms with van der Waals surface area (Å²) in [5, 5.41) is 0. The lowest BCUT2D eigenvalue weighted by Gasteiger charge is -2.17. The molecule has 0 unspecified atom stereocenters. The van der Waals surface area contributed by atoms with E-state index in [9.17, 15) is 9.59 Å². The zero-order valence-corrected chi connectivity index (χ0v) is 17.7. The molecule has 4 aromatic rings. The normalized spacial score (nSPS) is 11.4. The number of amides is 1. The van der Waals surface area contributed by atoms with Crippen LogP contribution in [-0.2, 0) is 31.0 Å². The van der Waals surface area contributed by atoms with E-state index in [-0.39, 0.29) is 18.0 Å². The van der Waals surface area contributed by atoms with Crippen LogP contribution in [0.3, 0.4) is 0 Å². The zero-order chi connectivity index (χ0) is 21.3. The fraction of sp³-hybridized carbons (Fsp3) is 0.348. The number of aromatic nitrogens is 4. The first-order chi connectivity index (χ1) is 14.5.